The Hall–Kier alpha value is -2.05. The van der Waals surface area contributed by atoms with Crippen molar-refractivity contribution in [3.8, 4) is 0 Å². The number of hydrogen-bond donors (Lipinski definition) is 2. The van der Waals surface area contributed by atoms with Crippen LogP contribution in [-0.4, -0.2) is 22.0 Å². The summed E-state index contributed by atoms with van der Waals surface area (Å²) in [6, 6.07) is 0. The van der Waals surface area contributed by atoms with Gasteiger partial charge in [-0.2, -0.15) is 0 Å². The van der Waals surface area contributed by atoms with Gasteiger partial charge >= 0.3 is 5.69 Å². The molecule has 7 heteroatoms. The van der Waals surface area contributed by atoms with Crippen LogP contribution in [0.1, 0.15) is 47.0 Å². The van der Waals surface area contributed by atoms with Gasteiger partial charge in [0.15, 0.2) is 5.69 Å². The van der Waals surface area contributed by atoms with Gasteiger partial charge in [0.25, 0.3) is 5.56 Å². The largest absolute Gasteiger partial charge is 0.383 e. The van der Waals surface area contributed by atoms with Gasteiger partial charge < -0.3 is 10.6 Å². The Bertz CT molecular complexity index is 631. The number of carbonyl (C=O) groups is 1. The minimum absolute atomic E-state index is 0.0566. The van der Waals surface area contributed by atoms with Crippen molar-refractivity contribution in [1.29, 1.82) is 0 Å². The van der Waals surface area contributed by atoms with Crippen molar-refractivity contribution in [3.63, 3.8) is 0 Å². The lowest BCUT2D eigenvalue weighted by atomic mass is 10.1. The second kappa shape index (κ2) is 7.82. The first kappa shape index (κ1) is 18.0. The van der Waals surface area contributed by atoms with Gasteiger partial charge in [-0.3, -0.25) is 19.1 Å². The van der Waals surface area contributed by atoms with Gasteiger partial charge in [-0.15, -0.1) is 0 Å². The van der Waals surface area contributed by atoms with E-state index in [0.717, 1.165) is 19.3 Å². The maximum atomic E-state index is 12.1. The normalized spacial score (nSPS) is 11.0. The average molecular weight is 310 g/mol. The van der Waals surface area contributed by atoms with E-state index in [9.17, 15) is 14.4 Å². The minimum atomic E-state index is -0.616. The number of unbranched alkanes of at least 4 members (excludes halogenated alkanes) is 1. The fourth-order valence-electron chi connectivity index (χ4n) is 2.19. The number of aromatic amines is 1. The highest BCUT2D eigenvalue weighted by Crippen LogP contribution is 2.18. The Labute approximate surface area is 130 Å². The Kier molecular flexibility index (Phi) is 6.39. The number of amides is 1. The van der Waals surface area contributed by atoms with E-state index in [1.165, 1.54) is 16.4 Å². The molecule has 0 fully saturated rings. The Morgan fingerprint density at radius 3 is 2.50 bits per heavy atom. The van der Waals surface area contributed by atoms with Crippen molar-refractivity contribution in [2.45, 2.75) is 53.5 Å². The van der Waals surface area contributed by atoms with E-state index < -0.39 is 11.2 Å². The molecule has 0 aliphatic rings. The molecular weight excluding hydrogens is 284 g/mol. The van der Waals surface area contributed by atoms with Gasteiger partial charge in [0, 0.05) is 20.0 Å². The van der Waals surface area contributed by atoms with Gasteiger partial charge in [-0.25, -0.2) is 4.79 Å². The number of nitrogens with zero attached hydrogens (tertiary/aromatic N) is 2. The van der Waals surface area contributed by atoms with E-state index in [-0.39, 0.29) is 17.4 Å². The van der Waals surface area contributed by atoms with Crippen LogP contribution < -0.4 is 21.9 Å². The topological polar surface area (TPSA) is 101 Å². The highest BCUT2D eigenvalue weighted by molar-refractivity contribution is 5.93. The third kappa shape index (κ3) is 4.22. The molecule has 0 saturated heterocycles. The van der Waals surface area contributed by atoms with Crippen molar-refractivity contribution in [2.75, 3.05) is 17.2 Å². The summed E-state index contributed by atoms with van der Waals surface area (Å²) >= 11 is 0. The number of aromatic nitrogens is 2. The minimum Gasteiger partial charge on any atom is -0.383 e. The molecule has 124 valence electrons. The smallest absolute Gasteiger partial charge is 0.330 e. The number of nitrogens with two attached hydrogens (primary N) is 1. The van der Waals surface area contributed by atoms with Crippen molar-refractivity contribution in [1.82, 2.24) is 9.55 Å². The lowest BCUT2D eigenvalue weighted by Gasteiger charge is -2.24. The van der Waals surface area contributed by atoms with Gasteiger partial charge in [0.1, 0.15) is 5.82 Å². The summed E-state index contributed by atoms with van der Waals surface area (Å²) in [5, 5.41) is 0. The lowest BCUT2D eigenvalue weighted by Crippen LogP contribution is -2.41. The molecule has 0 radical (unpaired) electrons. The molecule has 1 aromatic rings. The second-order valence-corrected chi connectivity index (χ2v) is 5.85. The number of nitrogens with one attached hydrogen (secondary N) is 1. The molecule has 1 aromatic heterocycles. The second-order valence-electron chi connectivity index (χ2n) is 5.85. The Morgan fingerprint density at radius 1 is 1.36 bits per heavy atom. The molecule has 0 unspecified atom stereocenters. The van der Waals surface area contributed by atoms with E-state index in [2.05, 4.69) is 4.98 Å². The monoisotopic (exact) mass is 310 g/mol. The highest BCUT2D eigenvalue weighted by Gasteiger charge is 2.21. The van der Waals surface area contributed by atoms with Crippen LogP contribution in [0, 0.1) is 5.92 Å². The first-order valence-corrected chi connectivity index (χ1v) is 7.70. The van der Waals surface area contributed by atoms with Crippen molar-refractivity contribution < 1.29 is 4.79 Å². The molecule has 0 aliphatic heterocycles. The maximum absolute atomic E-state index is 12.1. The van der Waals surface area contributed by atoms with E-state index >= 15 is 0 Å². The van der Waals surface area contributed by atoms with Gasteiger partial charge in [-0.1, -0.05) is 27.2 Å². The van der Waals surface area contributed by atoms with Crippen LogP contribution in [-0.2, 0) is 11.3 Å². The predicted octanol–water partition coefficient (Wildman–Crippen LogP) is 1.32. The molecule has 0 atom stereocenters. The summed E-state index contributed by atoms with van der Waals surface area (Å²) < 4.78 is 1.32. The summed E-state index contributed by atoms with van der Waals surface area (Å²) in [4.78, 5) is 39.6. The molecule has 0 aromatic carbocycles. The zero-order valence-corrected chi connectivity index (χ0v) is 13.8. The fourth-order valence-corrected chi connectivity index (χ4v) is 2.19. The molecule has 0 bridgehead atoms. The van der Waals surface area contributed by atoms with Gasteiger partial charge in [0.2, 0.25) is 5.91 Å². The first-order valence-electron chi connectivity index (χ1n) is 7.70. The summed E-state index contributed by atoms with van der Waals surface area (Å²) in [7, 11) is 0. The van der Waals surface area contributed by atoms with Crippen LogP contribution in [0.4, 0.5) is 11.5 Å². The standard InChI is InChI=1S/C15H26N4O3/c1-5-6-8-19-13(16)12(14(21)17-15(19)22)18(11(4)20)9-7-10(2)3/h10H,5-9,16H2,1-4H3,(H,17,21,22). The molecule has 1 heterocycles. The van der Waals surface area contributed by atoms with Crippen molar-refractivity contribution >= 4 is 17.4 Å². The zero-order valence-electron chi connectivity index (χ0n) is 13.8. The number of carbonyl (C=O) groups excluding carboxylic acids is 1. The third-order valence-electron chi connectivity index (χ3n) is 3.53. The fraction of sp³-hybridized carbons (Fsp3) is 0.667. The quantitative estimate of drug-likeness (QED) is 0.793. The number of H-pyrrole nitrogens is 1. The Balaban J connectivity index is 3.33. The van der Waals surface area contributed by atoms with Crippen LogP contribution in [0.15, 0.2) is 9.59 Å². The van der Waals surface area contributed by atoms with Gasteiger partial charge in [-0.05, 0) is 18.8 Å². The van der Waals surface area contributed by atoms with Crippen molar-refractivity contribution in [3.05, 3.63) is 20.8 Å². The summed E-state index contributed by atoms with van der Waals surface area (Å²) in [6.07, 6.45) is 2.40. The molecule has 22 heavy (non-hydrogen) atoms. The molecule has 0 saturated carbocycles. The lowest BCUT2D eigenvalue weighted by molar-refractivity contribution is -0.116. The number of anilines is 2. The SMILES string of the molecule is CCCCn1c(N)c(N(CCC(C)C)C(C)=O)c(=O)[nH]c1=O. The summed E-state index contributed by atoms with van der Waals surface area (Å²) in [5.41, 5.74) is 4.94. The van der Waals surface area contributed by atoms with Crippen LogP contribution in [0.5, 0.6) is 0 Å². The highest BCUT2D eigenvalue weighted by atomic mass is 16.2. The van der Waals surface area contributed by atoms with E-state index in [0.29, 0.717) is 19.0 Å². The molecule has 1 rings (SSSR count). The molecular formula is C15H26N4O3. The summed E-state index contributed by atoms with van der Waals surface area (Å²) in [6.45, 7) is 8.27. The predicted molar refractivity (Wildman–Crippen MR) is 88.1 cm³/mol. The Morgan fingerprint density at radius 2 is 2.00 bits per heavy atom. The third-order valence-corrected chi connectivity index (χ3v) is 3.53. The van der Waals surface area contributed by atoms with E-state index in [1.807, 2.05) is 20.8 Å². The molecule has 0 spiro atoms. The van der Waals surface area contributed by atoms with E-state index in [1.54, 1.807) is 0 Å². The number of rotatable bonds is 7. The number of hydrogen-bond acceptors (Lipinski definition) is 4. The van der Waals surface area contributed by atoms with Crippen molar-refractivity contribution in [2.24, 2.45) is 5.92 Å². The van der Waals surface area contributed by atoms with Crippen LogP contribution >= 0.6 is 0 Å². The number of nitrogen functional groups attached to an aromatic ring is 1. The summed E-state index contributed by atoms with van der Waals surface area (Å²) in [5.74, 6) is 0.174. The van der Waals surface area contributed by atoms with E-state index in [4.69, 9.17) is 5.73 Å². The van der Waals surface area contributed by atoms with Crippen LogP contribution in [0.3, 0.4) is 0 Å². The molecule has 3 N–H and O–H groups in total. The van der Waals surface area contributed by atoms with Crippen LogP contribution in [0.25, 0.3) is 0 Å². The molecule has 0 aliphatic carbocycles. The molecule has 1 amide bonds. The van der Waals surface area contributed by atoms with Gasteiger partial charge in [0.05, 0.1) is 0 Å². The average Bonchev–Trinajstić information content (AvgIpc) is 2.41. The first-order chi connectivity index (χ1) is 10.3. The maximum Gasteiger partial charge on any atom is 0.330 e. The van der Waals surface area contributed by atoms with Crippen LogP contribution in [0.2, 0.25) is 0 Å². The molecule has 7 nitrogen and oxygen atoms in total. The zero-order chi connectivity index (χ0) is 16.9.